The van der Waals surface area contributed by atoms with Crippen molar-refractivity contribution in [3.63, 3.8) is 0 Å². The van der Waals surface area contributed by atoms with E-state index >= 15 is 0 Å². The minimum absolute atomic E-state index is 0.126. The fourth-order valence-corrected chi connectivity index (χ4v) is 4.50. The Morgan fingerprint density at radius 3 is 2.78 bits per heavy atom. The summed E-state index contributed by atoms with van der Waals surface area (Å²) in [5.74, 6) is 1.31. The van der Waals surface area contributed by atoms with E-state index in [1.54, 1.807) is 23.7 Å². The molecule has 0 radical (unpaired) electrons. The Kier molecular flexibility index (Phi) is 4.66. The summed E-state index contributed by atoms with van der Waals surface area (Å²) < 4.78 is 7.51. The quantitative estimate of drug-likeness (QED) is 0.675. The highest BCUT2D eigenvalue weighted by atomic mass is 32.2. The Hall–Kier alpha value is -2.73. The van der Waals surface area contributed by atoms with Gasteiger partial charge in [-0.3, -0.25) is 9.48 Å². The van der Waals surface area contributed by atoms with Crippen LogP contribution in [-0.2, 0) is 12.8 Å². The van der Waals surface area contributed by atoms with Gasteiger partial charge in [0.25, 0.3) is 5.91 Å². The number of rotatable bonds is 4. The third kappa shape index (κ3) is 3.00. The molecule has 2 aromatic carbocycles. The van der Waals surface area contributed by atoms with Gasteiger partial charge in [-0.2, -0.15) is 5.10 Å². The highest BCUT2D eigenvalue weighted by Gasteiger charge is 2.29. The molecular weight excluding hydrogens is 358 g/mol. The summed E-state index contributed by atoms with van der Waals surface area (Å²) >= 11 is 1.75. The normalized spacial score (nSPS) is 12.3. The van der Waals surface area contributed by atoms with Gasteiger partial charge in [-0.1, -0.05) is 30.3 Å². The number of hydrogen-bond acceptors (Lipinski definition) is 4. The predicted octanol–water partition coefficient (Wildman–Crippen LogP) is 4.37. The maximum atomic E-state index is 13.3. The Labute approximate surface area is 162 Å². The van der Waals surface area contributed by atoms with E-state index in [-0.39, 0.29) is 5.91 Å². The number of aromatic nitrogens is 2. The van der Waals surface area contributed by atoms with Crippen LogP contribution in [0.2, 0.25) is 0 Å². The van der Waals surface area contributed by atoms with Crippen LogP contribution < -0.4 is 9.64 Å². The van der Waals surface area contributed by atoms with Gasteiger partial charge in [0.2, 0.25) is 0 Å². The van der Waals surface area contributed by atoms with E-state index in [1.807, 2.05) is 55.1 Å². The maximum Gasteiger partial charge on any atom is 0.278 e. The summed E-state index contributed by atoms with van der Waals surface area (Å²) in [4.78, 5) is 16.1. The second kappa shape index (κ2) is 7.12. The first-order valence-corrected chi connectivity index (χ1v) is 9.88. The van der Waals surface area contributed by atoms with E-state index < -0.39 is 0 Å². The minimum Gasteiger partial charge on any atom is -0.492 e. The molecule has 0 saturated heterocycles. The van der Waals surface area contributed by atoms with Gasteiger partial charge in [-0.15, -0.1) is 11.8 Å². The van der Waals surface area contributed by atoms with Gasteiger partial charge in [0, 0.05) is 35.9 Å². The molecule has 3 aromatic rings. The lowest BCUT2D eigenvalue weighted by molar-refractivity contribution is 0.0986. The summed E-state index contributed by atoms with van der Waals surface area (Å²) in [5, 5.41) is 4.58. The largest absolute Gasteiger partial charge is 0.492 e. The van der Waals surface area contributed by atoms with E-state index in [2.05, 4.69) is 17.2 Å². The second-order valence-corrected chi connectivity index (χ2v) is 7.37. The number of para-hydroxylation sites is 2. The van der Waals surface area contributed by atoms with Gasteiger partial charge in [0.15, 0.2) is 5.69 Å². The van der Waals surface area contributed by atoms with Crippen molar-refractivity contribution in [2.45, 2.75) is 17.6 Å². The molecular formula is C21H21N3O2S. The zero-order valence-corrected chi connectivity index (χ0v) is 16.4. The van der Waals surface area contributed by atoms with Gasteiger partial charge in [0.1, 0.15) is 5.75 Å². The molecule has 6 heteroatoms. The Morgan fingerprint density at radius 1 is 1.22 bits per heavy atom. The molecule has 0 atom stereocenters. The topological polar surface area (TPSA) is 47.4 Å². The SMILES string of the molecule is CCOc1ccccc1N(C)C(=O)c1nn(C)c2c1CSc1ccccc1-2. The van der Waals surface area contributed by atoms with Crippen LogP contribution in [0.1, 0.15) is 23.0 Å². The molecule has 4 rings (SSSR count). The molecule has 0 N–H and O–H groups in total. The molecule has 0 saturated carbocycles. The van der Waals surface area contributed by atoms with E-state index in [0.29, 0.717) is 18.1 Å². The first kappa shape index (κ1) is 17.7. The van der Waals surface area contributed by atoms with E-state index in [1.165, 1.54) is 4.90 Å². The number of carbonyl (C=O) groups is 1. The lowest BCUT2D eigenvalue weighted by Gasteiger charge is -2.21. The van der Waals surface area contributed by atoms with Crippen molar-refractivity contribution < 1.29 is 9.53 Å². The molecule has 2 heterocycles. The Morgan fingerprint density at radius 2 is 1.96 bits per heavy atom. The molecule has 27 heavy (non-hydrogen) atoms. The molecule has 1 aliphatic heterocycles. The van der Waals surface area contributed by atoms with E-state index in [9.17, 15) is 4.79 Å². The summed E-state index contributed by atoms with van der Waals surface area (Å²) in [6.45, 7) is 2.48. The third-order valence-electron chi connectivity index (χ3n) is 4.69. The molecule has 1 aliphatic rings. The van der Waals surface area contributed by atoms with Gasteiger partial charge in [-0.05, 0) is 25.1 Å². The van der Waals surface area contributed by atoms with Crippen molar-refractivity contribution in [1.82, 2.24) is 9.78 Å². The molecule has 1 aromatic heterocycles. The lowest BCUT2D eigenvalue weighted by atomic mass is 10.1. The van der Waals surface area contributed by atoms with Gasteiger partial charge >= 0.3 is 0 Å². The smallest absolute Gasteiger partial charge is 0.278 e. The number of carbonyl (C=O) groups excluding carboxylic acids is 1. The van der Waals surface area contributed by atoms with Crippen LogP contribution in [0.25, 0.3) is 11.3 Å². The zero-order chi connectivity index (χ0) is 19.0. The predicted molar refractivity (Wildman–Crippen MR) is 109 cm³/mol. The molecule has 0 bridgehead atoms. The summed E-state index contributed by atoms with van der Waals surface area (Å²) in [6.07, 6.45) is 0. The van der Waals surface area contributed by atoms with Crippen LogP contribution in [0.5, 0.6) is 5.75 Å². The van der Waals surface area contributed by atoms with Crippen molar-refractivity contribution >= 4 is 23.4 Å². The van der Waals surface area contributed by atoms with E-state index in [0.717, 1.165) is 28.3 Å². The Balaban J connectivity index is 1.75. The van der Waals surface area contributed by atoms with Gasteiger partial charge in [-0.25, -0.2) is 0 Å². The number of nitrogens with zero attached hydrogens (tertiary/aromatic N) is 3. The number of fused-ring (bicyclic) bond motifs is 3. The highest BCUT2D eigenvalue weighted by Crippen LogP contribution is 2.42. The minimum atomic E-state index is -0.126. The zero-order valence-electron chi connectivity index (χ0n) is 15.6. The van der Waals surface area contributed by atoms with Crippen LogP contribution in [0, 0.1) is 0 Å². The number of aryl methyl sites for hydroxylation is 1. The maximum absolute atomic E-state index is 13.3. The van der Waals surface area contributed by atoms with E-state index in [4.69, 9.17) is 4.74 Å². The van der Waals surface area contributed by atoms with Crippen molar-refractivity contribution in [2.75, 3.05) is 18.6 Å². The average molecular weight is 379 g/mol. The monoisotopic (exact) mass is 379 g/mol. The van der Waals surface area contributed by atoms with Crippen LogP contribution in [0.3, 0.4) is 0 Å². The van der Waals surface area contributed by atoms with Crippen molar-refractivity contribution in [1.29, 1.82) is 0 Å². The summed E-state index contributed by atoms with van der Waals surface area (Å²) in [6, 6.07) is 15.8. The fraction of sp³-hybridized carbons (Fsp3) is 0.238. The van der Waals surface area contributed by atoms with Crippen molar-refractivity contribution in [2.24, 2.45) is 7.05 Å². The van der Waals surface area contributed by atoms with Crippen LogP contribution in [-0.4, -0.2) is 29.3 Å². The number of hydrogen-bond donors (Lipinski definition) is 0. The van der Waals surface area contributed by atoms with Gasteiger partial charge in [0.05, 0.1) is 18.0 Å². The molecule has 0 fully saturated rings. The molecule has 0 spiro atoms. The second-order valence-electron chi connectivity index (χ2n) is 6.35. The summed E-state index contributed by atoms with van der Waals surface area (Å²) in [5.41, 5.74) is 4.40. The Bertz CT molecular complexity index is 1010. The molecule has 1 amide bonds. The molecule has 5 nitrogen and oxygen atoms in total. The number of ether oxygens (including phenoxy) is 1. The van der Waals surface area contributed by atoms with Crippen LogP contribution >= 0.6 is 11.8 Å². The molecule has 0 unspecified atom stereocenters. The highest BCUT2D eigenvalue weighted by molar-refractivity contribution is 7.98. The van der Waals surface area contributed by atoms with Crippen LogP contribution in [0.4, 0.5) is 5.69 Å². The van der Waals surface area contributed by atoms with Gasteiger partial charge < -0.3 is 9.64 Å². The standard InChI is InChI=1S/C21H21N3O2S/c1-4-26-17-11-7-6-10-16(17)23(2)21(25)19-15-13-27-18-12-8-5-9-14(18)20(15)24(3)22-19/h5-12H,4,13H2,1-3H3. The first-order valence-electron chi connectivity index (χ1n) is 8.89. The number of amides is 1. The van der Waals surface area contributed by atoms with Crippen molar-refractivity contribution in [3.8, 4) is 17.0 Å². The number of benzene rings is 2. The molecule has 0 aliphatic carbocycles. The van der Waals surface area contributed by atoms with Crippen LogP contribution in [0.15, 0.2) is 53.4 Å². The lowest BCUT2D eigenvalue weighted by Crippen LogP contribution is -2.28. The van der Waals surface area contributed by atoms with Crippen molar-refractivity contribution in [3.05, 3.63) is 59.8 Å². The first-order chi connectivity index (χ1) is 13.1. The average Bonchev–Trinajstić information content (AvgIpc) is 3.04. The summed E-state index contributed by atoms with van der Waals surface area (Å²) in [7, 11) is 3.67. The third-order valence-corrected chi connectivity index (χ3v) is 5.79. The number of anilines is 1. The number of thioether (sulfide) groups is 1. The molecule has 138 valence electrons. The fourth-order valence-electron chi connectivity index (χ4n) is 3.43.